The number of carboxylic acid groups (broad SMARTS) is 1. The van der Waals surface area contributed by atoms with Gasteiger partial charge in [0, 0.05) is 5.56 Å². The molecule has 1 N–H and O–H groups in total. The number of carbonyl (C=O) groups is 1. The molecule has 1 aromatic carbocycles. The second-order valence-electron chi connectivity index (χ2n) is 3.38. The molecule has 4 heteroatoms. The monoisotopic (exact) mass is 264 g/mol. The van der Waals surface area contributed by atoms with Crippen LogP contribution in [0.25, 0.3) is 12.2 Å². The second kappa shape index (κ2) is 5.17. The van der Waals surface area contributed by atoms with Crippen molar-refractivity contribution >= 4 is 41.1 Å². The highest BCUT2D eigenvalue weighted by atomic mass is 35.5. The van der Waals surface area contributed by atoms with Crippen molar-refractivity contribution in [1.29, 1.82) is 0 Å². The number of thiophene rings is 1. The van der Waals surface area contributed by atoms with Crippen LogP contribution in [0.4, 0.5) is 0 Å². The largest absolute Gasteiger partial charge is 0.477 e. The molecule has 1 aromatic heterocycles. The molecule has 0 unspecified atom stereocenters. The summed E-state index contributed by atoms with van der Waals surface area (Å²) in [6.45, 7) is 0. The average Bonchev–Trinajstić information content (AvgIpc) is 2.69. The molecule has 0 saturated carbocycles. The Kier molecular flexibility index (Phi) is 3.61. The van der Waals surface area contributed by atoms with Gasteiger partial charge in [-0.05, 0) is 11.6 Å². The molecule has 0 radical (unpaired) electrons. The van der Waals surface area contributed by atoms with Gasteiger partial charge in [-0.15, -0.1) is 11.3 Å². The summed E-state index contributed by atoms with van der Waals surface area (Å²) in [4.78, 5) is 11.2. The highest BCUT2D eigenvalue weighted by molar-refractivity contribution is 7.18. The van der Waals surface area contributed by atoms with Crippen LogP contribution in [0.3, 0.4) is 0 Å². The molecule has 1 heterocycles. The van der Waals surface area contributed by atoms with Gasteiger partial charge in [0.2, 0.25) is 0 Å². The lowest BCUT2D eigenvalue weighted by Crippen LogP contribution is -1.93. The summed E-state index contributed by atoms with van der Waals surface area (Å²) < 4.78 is 0.482. The zero-order valence-corrected chi connectivity index (χ0v) is 10.3. The van der Waals surface area contributed by atoms with Crippen molar-refractivity contribution in [3.63, 3.8) is 0 Å². The van der Waals surface area contributed by atoms with Crippen LogP contribution in [-0.4, -0.2) is 11.1 Å². The number of benzene rings is 1. The highest BCUT2D eigenvalue weighted by Gasteiger charge is 2.12. The zero-order valence-electron chi connectivity index (χ0n) is 8.76. The summed E-state index contributed by atoms with van der Waals surface area (Å²) >= 11 is 6.88. The first-order valence-corrected chi connectivity index (χ1v) is 6.12. The van der Waals surface area contributed by atoms with Crippen molar-refractivity contribution < 1.29 is 9.90 Å². The van der Waals surface area contributed by atoms with Crippen molar-refractivity contribution in [2.24, 2.45) is 0 Å². The molecule has 0 atom stereocenters. The first-order valence-electron chi connectivity index (χ1n) is 4.92. The molecule has 0 aliphatic heterocycles. The Hall–Kier alpha value is -1.58. The summed E-state index contributed by atoms with van der Waals surface area (Å²) in [5.74, 6) is -0.949. The fraction of sp³-hybridized carbons (Fsp3) is 0. The molecule has 0 aliphatic carbocycles. The summed E-state index contributed by atoms with van der Waals surface area (Å²) in [6.07, 6.45) is 3.63. The third-order valence-corrected chi connectivity index (χ3v) is 3.45. The van der Waals surface area contributed by atoms with Gasteiger partial charge in [0.25, 0.3) is 0 Å². The first kappa shape index (κ1) is 11.9. The van der Waals surface area contributed by atoms with E-state index in [1.165, 1.54) is 0 Å². The van der Waals surface area contributed by atoms with Crippen LogP contribution in [0.2, 0.25) is 4.34 Å². The minimum atomic E-state index is -0.949. The fourth-order valence-corrected chi connectivity index (χ4v) is 2.48. The van der Waals surface area contributed by atoms with Gasteiger partial charge in [-0.1, -0.05) is 54.1 Å². The normalized spacial score (nSPS) is 10.9. The highest BCUT2D eigenvalue weighted by Crippen LogP contribution is 2.28. The Morgan fingerprint density at radius 1 is 1.24 bits per heavy atom. The molecule has 0 aliphatic rings. The van der Waals surface area contributed by atoms with Gasteiger partial charge in [-0.3, -0.25) is 0 Å². The number of rotatable bonds is 3. The Balaban J connectivity index is 2.30. The van der Waals surface area contributed by atoms with Crippen LogP contribution in [0, 0.1) is 0 Å². The third-order valence-electron chi connectivity index (χ3n) is 2.18. The number of hydrogen-bond donors (Lipinski definition) is 1. The van der Waals surface area contributed by atoms with E-state index in [9.17, 15) is 4.79 Å². The molecular formula is C13H9ClO2S. The third kappa shape index (κ3) is 2.96. The van der Waals surface area contributed by atoms with E-state index in [0.717, 1.165) is 16.9 Å². The van der Waals surface area contributed by atoms with Gasteiger partial charge >= 0.3 is 5.97 Å². The first-order chi connectivity index (χ1) is 8.16. The molecule has 0 fully saturated rings. The molecule has 2 nitrogen and oxygen atoms in total. The van der Waals surface area contributed by atoms with E-state index in [2.05, 4.69) is 0 Å². The summed E-state index contributed by atoms with van der Waals surface area (Å²) in [5.41, 5.74) is 1.66. The van der Waals surface area contributed by atoms with Crippen molar-refractivity contribution in [1.82, 2.24) is 0 Å². The van der Waals surface area contributed by atoms with Crippen LogP contribution in [0.5, 0.6) is 0 Å². The van der Waals surface area contributed by atoms with Gasteiger partial charge in [0.15, 0.2) is 0 Å². The Morgan fingerprint density at radius 3 is 2.59 bits per heavy atom. The van der Waals surface area contributed by atoms with E-state index in [-0.39, 0.29) is 4.88 Å². The molecule has 0 saturated heterocycles. The molecule has 0 spiro atoms. The topological polar surface area (TPSA) is 37.3 Å². The van der Waals surface area contributed by atoms with E-state index in [1.807, 2.05) is 36.4 Å². The maximum absolute atomic E-state index is 11.0. The molecule has 0 bridgehead atoms. The summed E-state index contributed by atoms with van der Waals surface area (Å²) in [6, 6.07) is 11.4. The fourth-order valence-electron chi connectivity index (χ4n) is 1.41. The van der Waals surface area contributed by atoms with Crippen LogP contribution in [0.15, 0.2) is 36.4 Å². The van der Waals surface area contributed by atoms with Gasteiger partial charge in [-0.25, -0.2) is 4.79 Å². The van der Waals surface area contributed by atoms with Crippen LogP contribution in [0.1, 0.15) is 20.8 Å². The van der Waals surface area contributed by atoms with Gasteiger partial charge in [0.1, 0.15) is 4.88 Å². The minimum Gasteiger partial charge on any atom is -0.477 e. The van der Waals surface area contributed by atoms with Gasteiger partial charge in [0.05, 0.1) is 4.34 Å². The minimum absolute atomic E-state index is 0.266. The Morgan fingerprint density at radius 2 is 1.94 bits per heavy atom. The van der Waals surface area contributed by atoms with E-state index in [4.69, 9.17) is 16.7 Å². The summed E-state index contributed by atoms with van der Waals surface area (Å²) in [7, 11) is 0. The Labute approximate surface area is 108 Å². The quantitative estimate of drug-likeness (QED) is 0.899. The SMILES string of the molecule is O=C(O)c1sc(Cl)cc1C=Cc1ccccc1. The van der Waals surface area contributed by atoms with E-state index < -0.39 is 5.97 Å². The number of carboxylic acids is 1. The van der Waals surface area contributed by atoms with Crippen molar-refractivity contribution in [3.05, 3.63) is 56.7 Å². The maximum Gasteiger partial charge on any atom is 0.346 e. The van der Waals surface area contributed by atoms with Crippen LogP contribution >= 0.6 is 22.9 Å². The van der Waals surface area contributed by atoms with Crippen molar-refractivity contribution in [2.45, 2.75) is 0 Å². The standard InChI is InChI=1S/C13H9ClO2S/c14-11-8-10(12(17-11)13(15)16)7-6-9-4-2-1-3-5-9/h1-8H,(H,15,16). The number of hydrogen-bond acceptors (Lipinski definition) is 2. The number of halogens is 1. The lowest BCUT2D eigenvalue weighted by atomic mass is 10.1. The lowest BCUT2D eigenvalue weighted by molar-refractivity contribution is 0.0702. The molecule has 2 aromatic rings. The van der Waals surface area contributed by atoms with Gasteiger partial charge in [-0.2, -0.15) is 0 Å². The predicted octanol–water partition coefficient (Wildman–Crippen LogP) is 4.27. The zero-order chi connectivity index (χ0) is 12.3. The Bertz CT molecular complexity index is 558. The van der Waals surface area contributed by atoms with Crippen LogP contribution in [-0.2, 0) is 0 Å². The lowest BCUT2D eigenvalue weighted by Gasteiger charge is -1.93. The van der Waals surface area contributed by atoms with Gasteiger partial charge < -0.3 is 5.11 Å². The van der Waals surface area contributed by atoms with Crippen molar-refractivity contribution in [2.75, 3.05) is 0 Å². The average molecular weight is 265 g/mol. The molecule has 86 valence electrons. The van der Waals surface area contributed by atoms with Crippen molar-refractivity contribution in [3.8, 4) is 0 Å². The second-order valence-corrected chi connectivity index (χ2v) is 5.07. The maximum atomic E-state index is 11.0. The molecule has 2 rings (SSSR count). The molecule has 0 amide bonds. The molecular weight excluding hydrogens is 256 g/mol. The van der Waals surface area contributed by atoms with E-state index >= 15 is 0 Å². The molecule has 17 heavy (non-hydrogen) atoms. The van der Waals surface area contributed by atoms with Crippen LogP contribution < -0.4 is 0 Å². The van der Waals surface area contributed by atoms with E-state index in [1.54, 1.807) is 12.1 Å². The smallest absolute Gasteiger partial charge is 0.346 e. The number of aromatic carboxylic acids is 1. The summed E-state index contributed by atoms with van der Waals surface area (Å²) in [5, 5.41) is 8.99. The van der Waals surface area contributed by atoms with E-state index in [0.29, 0.717) is 9.90 Å². The predicted molar refractivity (Wildman–Crippen MR) is 71.7 cm³/mol.